The molecule has 2 amide bonds. The number of aromatic nitrogens is 2. The summed E-state index contributed by atoms with van der Waals surface area (Å²) >= 11 is 0. The standard InChI is InChI=1S/C22H23N5O4/c1-27(12-19-25-16-5-3-4-6-17(16)26-19)22(30)13-7-8-15-14(9-13)11-23-21(29)18(24-15)10-20(28)31-2/h3-9,18,24H,10-12H2,1-2H3,(H,23,29)(H,25,26). The van der Waals surface area contributed by atoms with Gasteiger partial charge in [0.1, 0.15) is 11.9 Å². The highest BCUT2D eigenvalue weighted by Crippen LogP contribution is 2.23. The summed E-state index contributed by atoms with van der Waals surface area (Å²) in [6.45, 7) is 0.591. The van der Waals surface area contributed by atoms with Gasteiger partial charge in [-0.3, -0.25) is 14.4 Å². The Morgan fingerprint density at radius 3 is 2.81 bits per heavy atom. The molecule has 0 fully saturated rings. The number of esters is 1. The molecule has 0 aliphatic carbocycles. The molecular formula is C22H23N5O4. The third kappa shape index (κ3) is 4.35. The first-order valence-corrected chi connectivity index (χ1v) is 9.87. The van der Waals surface area contributed by atoms with Gasteiger partial charge in [0.15, 0.2) is 0 Å². The number of hydrogen-bond donors (Lipinski definition) is 3. The number of H-pyrrole nitrogens is 1. The number of rotatable bonds is 5. The Balaban J connectivity index is 1.49. The third-order valence-corrected chi connectivity index (χ3v) is 5.22. The fourth-order valence-corrected chi connectivity index (χ4v) is 3.56. The van der Waals surface area contributed by atoms with E-state index in [-0.39, 0.29) is 24.8 Å². The summed E-state index contributed by atoms with van der Waals surface area (Å²) in [7, 11) is 3.00. The fraction of sp³-hybridized carbons (Fsp3) is 0.273. The zero-order chi connectivity index (χ0) is 22.0. The zero-order valence-electron chi connectivity index (χ0n) is 17.3. The van der Waals surface area contributed by atoms with Gasteiger partial charge in [0, 0.05) is 24.8 Å². The van der Waals surface area contributed by atoms with Crippen LogP contribution >= 0.6 is 0 Å². The van der Waals surface area contributed by atoms with Gasteiger partial charge in [-0.25, -0.2) is 4.98 Å². The van der Waals surface area contributed by atoms with Crippen LogP contribution in [0.25, 0.3) is 11.0 Å². The molecule has 1 aromatic heterocycles. The molecule has 0 spiro atoms. The molecule has 1 atom stereocenters. The van der Waals surface area contributed by atoms with E-state index in [4.69, 9.17) is 0 Å². The Morgan fingerprint density at radius 2 is 2.03 bits per heavy atom. The zero-order valence-corrected chi connectivity index (χ0v) is 17.3. The molecule has 1 unspecified atom stereocenters. The number of hydrogen-bond acceptors (Lipinski definition) is 6. The Bertz CT molecular complexity index is 1120. The van der Waals surface area contributed by atoms with Gasteiger partial charge in [-0.2, -0.15) is 0 Å². The predicted molar refractivity (Wildman–Crippen MR) is 114 cm³/mol. The maximum atomic E-state index is 13.0. The topological polar surface area (TPSA) is 116 Å². The van der Waals surface area contributed by atoms with Crippen molar-refractivity contribution >= 4 is 34.5 Å². The van der Waals surface area contributed by atoms with Gasteiger partial charge in [0.25, 0.3) is 5.91 Å². The van der Waals surface area contributed by atoms with E-state index < -0.39 is 12.0 Å². The number of ether oxygens (including phenoxy) is 1. The molecule has 3 N–H and O–H groups in total. The lowest BCUT2D eigenvalue weighted by atomic mass is 10.1. The van der Waals surface area contributed by atoms with E-state index in [0.717, 1.165) is 16.6 Å². The number of methoxy groups -OCH3 is 1. The first-order valence-electron chi connectivity index (χ1n) is 9.87. The molecule has 2 heterocycles. The highest BCUT2D eigenvalue weighted by molar-refractivity contribution is 5.95. The van der Waals surface area contributed by atoms with E-state index in [0.29, 0.717) is 23.6 Å². The summed E-state index contributed by atoms with van der Waals surface area (Å²) in [5, 5.41) is 5.85. The van der Waals surface area contributed by atoms with Crippen LogP contribution < -0.4 is 10.6 Å². The van der Waals surface area contributed by atoms with Crippen molar-refractivity contribution < 1.29 is 19.1 Å². The van der Waals surface area contributed by atoms with Crippen molar-refractivity contribution in [3.63, 3.8) is 0 Å². The molecule has 160 valence electrons. The Labute approximate surface area is 178 Å². The second-order valence-corrected chi connectivity index (χ2v) is 7.43. The highest BCUT2D eigenvalue weighted by Gasteiger charge is 2.26. The largest absolute Gasteiger partial charge is 0.469 e. The van der Waals surface area contributed by atoms with Crippen LogP contribution in [0, 0.1) is 0 Å². The summed E-state index contributed by atoms with van der Waals surface area (Å²) in [5.74, 6) is -0.233. The Kier molecular flexibility index (Phi) is 5.57. The predicted octanol–water partition coefficient (Wildman–Crippen LogP) is 1.81. The molecule has 0 radical (unpaired) electrons. The van der Waals surface area contributed by atoms with Crippen LogP contribution in [-0.4, -0.2) is 52.9 Å². The summed E-state index contributed by atoms with van der Waals surface area (Å²) < 4.78 is 4.66. The average Bonchev–Trinajstić information content (AvgIpc) is 3.11. The number of anilines is 1. The van der Waals surface area contributed by atoms with E-state index in [1.54, 1.807) is 30.1 Å². The molecule has 31 heavy (non-hydrogen) atoms. The molecule has 0 bridgehead atoms. The molecule has 1 aliphatic rings. The Hall–Kier alpha value is -3.88. The van der Waals surface area contributed by atoms with Gasteiger partial charge in [-0.15, -0.1) is 0 Å². The molecule has 0 saturated heterocycles. The Morgan fingerprint density at radius 1 is 1.23 bits per heavy atom. The van der Waals surface area contributed by atoms with Gasteiger partial charge in [-0.05, 0) is 35.9 Å². The fourth-order valence-electron chi connectivity index (χ4n) is 3.56. The number of aromatic amines is 1. The highest BCUT2D eigenvalue weighted by atomic mass is 16.5. The van der Waals surface area contributed by atoms with Crippen LogP contribution in [0.1, 0.15) is 28.2 Å². The van der Waals surface area contributed by atoms with E-state index in [9.17, 15) is 14.4 Å². The van der Waals surface area contributed by atoms with E-state index in [1.807, 2.05) is 24.3 Å². The number of nitrogens with one attached hydrogen (secondary N) is 3. The van der Waals surface area contributed by atoms with E-state index in [2.05, 4.69) is 25.3 Å². The number of benzene rings is 2. The maximum absolute atomic E-state index is 13.0. The monoisotopic (exact) mass is 421 g/mol. The van der Waals surface area contributed by atoms with Crippen molar-refractivity contribution in [2.45, 2.75) is 25.6 Å². The number of nitrogens with zero attached hydrogens (tertiary/aromatic N) is 2. The number of carbonyl (C=O) groups is 3. The van der Waals surface area contributed by atoms with Crippen molar-refractivity contribution in [2.24, 2.45) is 0 Å². The van der Waals surface area contributed by atoms with Crippen molar-refractivity contribution in [1.29, 1.82) is 0 Å². The van der Waals surface area contributed by atoms with Crippen LogP contribution in [0.5, 0.6) is 0 Å². The van der Waals surface area contributed by atoms with Crippen molar-refractivity contribution in [3.8, 4) is 0 Å². The lowest BCUT2D eigenvalue weighted by Crippen LogP contribution is -2.38. The molecular weight excluding hydrogens is 398 g/mol. The first kappa shape index (κ1) is 20.4. The van der Waals surface area contributed by atoms with Crippen LogP contribution in [0.3, 0.4) is 0 Å². The summed E-state index contributed by atoms with van der Waals surface area (Å²) in [5.41, 5.74) is 3.74. The minimum atomic E-state index is -0.731. The molecule has 9 heteroatoms. The minimum absolute atomic E-state index is 0.0807. The number of para-hydroxylation sites is 2. The van der Waals surface area contributed by atoms with E-state index in [1.165, 1.54) is 7.11 Å². The first-order chi connectivity index (χ1) is 14.9. The van der Waals surface area contributed by atoms with Crippen LogP contribution in [0.2, 0.25) is 0 Å². The number of fused-ring (bicyclic) bond motifs is 2. The van der Waals surface area contributed by atoms with Gasteiger partial charge in [-0.1, -0.05) is 12.1 Å². The number of amides is 2. The van der Waals surface area contributed by atoms with Gasteiger partial charge < -0.3 is 25.3 Å². The molecule has 0 saturated carbocycles. The molecule has 9 nitrogen and oxygen atoms in total. The summed E-state index contributed by atoms with van der Waals surface area (Å²) in [4.78, 5) is 46.1. The summed E-state index contributed by atoms with van der Waals surface area (Å²) in [6.07, 6.45) is -0.0807. The van der Waals surface area contributed by atoms with Crippen molar-refractivity contribution in [1.82, 2.24) is 20.2 Å². The second-order valence-electron chi connectivity index (χ2n) is 7.43. The van der Waals surface area contributed by atoms with Crippen molar-refractivity contribution in [2.75, 3.05) is 19.5 Å². The van der Waals surface area contributed by atoms with E-state index >= 15 is 0 Å². The quantitative estimate of drug-likeness (QED) is 0.541. The average molecular weight is 421 g/mol. The number of imidazole rings is 1. The second kappa shape index (κ2) is 8.47. The normalized spacial score (nSPS) is 15.4. The number of carbonyl (C=O) groups excluding carboxylic acids is 3. The van der Waals surface area contributed by atoms with Crippen LogP contribution in [0.15, 0.2) is 42.5 Å². The van der Waals surface area contributed by atoms with Crippen LogP contribution in [0.4, 0.5) is 5.69 Å². The SMILES string of the molecule is COC(=O)CC1Nc2ccc(C(=O)N(C)Cc3nc4ccccc4[nH]3)cc2CNC1=O. The minimum Gasteiger partial charge on any atom is -0.469 e. The van der Waals surface area contributed by atoms with Gasteiger partial charge >= 0.3 is 5.97 Å². The summed E-state index contributed by atoms with van der Waals surface area (Å²) in [6, 6.07) is 12.2. The van der Waals surface area contributed by atoms with Gasteiger partial charge in [0.2, 0.25) is 5.91 Å². The maximum Gasteiger partial charge on any atom is 0.308 e. The molecule has 1 aliphatic heterocycles. The lowest BCUT2D eigenvalue weighted by molar-refractivity contribution is -0.142. The molecule has 2 aromatic carbocycles. The molecule has 4 rings (SSSR count). The molecule has 3 aromatic rings. The smallest absolute Gasteiger partial charge is 0.308 e. The van der Waals surface area contributed by atoms with Crippen LogP contribution in [-0.2, 0) is 27.4 Å². The van der Waals surface area contributed by atoms with Gasteiger partial charge in [0.05, 0.1) is 31.1 Å². The third-order valence-electron chi connectivity index (χ3n) is 5.22. The van der Waals surface area contributed by atoms with Crippen molar-refractivity contribution in [3.05, 3.63) is 59.4 Å². The lowest BCUT2D eigenvalue weighted by Gasteiger charge is -2.18.